The molecule has 2 nitrogen and oxygen atoms in total. The molecule has 6 atom stereocenters. The molecular formula is C33H47NO. The van der Waals surface area contributed by atoms with Gasteiger partial charge >= 0.3 is 0 Å². The molecule has 4 aliphatic rings. The van der Waals surface area contributed by atoms with E-state index in [4.69, 9.17) is 0 Å². The first kappa shape index (κ1) is 25.0. The number of fused-ring (bicyclic) bond motifs is 4. The number of ketones is 1. The van der Waals surface area contributed by atoms with Crippen LogP contribution in [0.25, 0.3) is 0 Å². The van der Waals surface area contributed by atoms with E-state index in [0.717, 1.165) is 36.2 Å². The lowest BCUT2D eigenvalue weighted by Crippen LogP contribution is -2.44. The Kier molecular flexibility index (Phi) is 6.88. The fraction of sp³-hybridized carbons (Fsp3) is 0.697. The van der Waals surface area contributed by atoms with E-state index in [1.165, 1.54) is 57.8 Å². The number of Topliss-reactive ketones (excluding diaryl/α,β-unsaturated/α-hetero) is 1. The number of aromatic nitrogens is 1. The summed E-state index contributed by atoms with van der Waals surface area (Å²) in [7, 11) is 0. The molecule has 0 aromatic carbocycles. The molecule has 5 rings (SSSR count). The monoisotopic (exact) mass is 473 g/mol. The molecule has 0 spiro atoms. The van der Waals surface area contributed by atoms with E-state index in [-0.39, 0.29) is 5.92 Å². The van der Waals surface area contributed by atoms with Crippen molar-refractivity contribution in [3.8, 4) is 0 Å². The van der Waals surface area contributed by atoms with Crippen LogP contribution in [0.15, 0.2) is 47.3 Å². The third-order valence-electron chi connectivity index (χ3n) is 11.0. The van der Waals surface area contributed by atoms with E-state index in [1.807, 2.05) is 12.1 Å². The van der Waals surface area contributed by atoms with Crippen LogP contribution in [0.4, 0.5) is 0 Å². The molecular weight excluding hydrogens is 426 g/mol. The third-order valence-corrected chi connectivity index (χ3v) is 11.0. The van der Waals surface area contributed by atoms with Gasteiger partial charge in [0, 0.05) is 23.9 Å². The number of hydrogen-bond acceptors (Lipinski definition) is 2. The molecule has 2 heteroatoms. The zero-order valence-electron chi connectivity index (χ0n) is 22.9. The number of allylic oxidation sites excluding steroid dienone is 4. The number of nitrogens with zero attached hydrogens (tertiary/aromatic N) is 1. The highest BCUT2D eigenvalue weighted by molar-refractivity contribution is 5.97. The van der Waals surface area contributed by atoms with Crippen LogP contribution in [0.1, 0.15) is 116 Å². The summed E-state index contributed by atoms with van der Waals surface area (Å²) < 4.78 is 0. The average molecular weight is 474 g/mol. The molecule has 0 amide bonds. The molecule has 0 aliphatic heterocycles. The molecule has 1 saturated carbocycles. The predicted molar refractivity (Wildman–Crippen MR) is 145 cm³/mol. The Hall–Kier alpha value is -1.70. The average Bonchev–Trinajstić information content (AvgIpc) is 3.20. The van der Waals surface area contributed by atoms with Crippen molar-refractivity contribution >= 4 is 5.78 Å². The predicted octanol–water partition coefficient (Wildman–Crippen LogP) is 8.99. The standard InChI is InChI=1S/C33H47NO/c1-22(2)7-6-8-23(3)28-11-12-29-27-10-9-26-21-25(31(35)24-15-19-34-20-16-24)13-17-32(26,4)30(27)14-18-33(28,29)5/h12,15-16,19-20,22-23,25-26,28H,6-11,13-14,17-18,21H2,1-5H3/t23-,25+,26+,28-,32+,33-/m1/s1. The van der Waals surface area contributed by atoms with Gasteiger partial charge in [-0.15, -0.1) is 0 Å². The topological polar surface area (TPSA) is 30.0 Å². The van der Waals surface area contributed by atoms with Gasteiger partial charge in [0.2, 0.25) is 0 Å². The SMILES string of the molecule is CC(C)CCC[C@@H](C)[C@H]1CC=C2C3=C(CC[C@@]21C)[C@@]1(C)CC[C@H](C(=O)c2ccncc2)C[C@@H]1CC3. The molecule has 0 radical (unpaired) electrons. The van der Waals surface area contributed by atoms with Crippen LogP contribution in [0, 0.1) is 40.4 Å². The molecule has 35 heavy (non-hydrogen) atoms. The maximum Gasteiger partial charge on any atom is 0.166 e. The van der Waals surface area contributed by atoms with Gasteiger partial charge in [0.1, 0.15) is 0 Å². The van der Waals surface area contributed by atoms with Crippen molar-refractivity contribution in [1.29, 1.82) is 0 Å². The van der Waals surface area contributed by atoms with Gasteiger partial charge in [-0.3, -0.25) is 9.78 Å². The fourth-order valence-electron chi connectivity index (χ4n) is 8.79. The number of carbonyl (C=O) groups excluding carboxylic acids is 1. The number of hydrogen-bond donors (Lipinski definition) is 0. The first-order chi connectivity index (χ1) is 16.7. The van der Waals surface area contributed by atoms with Crippen LogP contribution in [0.3, 0.4) is 0 Å². The molecule has 0 bridgehead atoms. The van der Waals surface area contributed by atoms with E-state index in [2.05, 4.69) is 45.7 Å². The molecule has 1 aromatic rings. The van der Waals surface area contributed by atoms with Gasteiger partial charge in [0.15, 0.2) is 5.78 Å². The van der Waals surface area contributed by atoms with Crippen molar-refractivity contribution in [2.45, 2.75) is 105 Å². The second kappa shape index (κ2) is 9.64. The lowest BCUT2D eigenvalue weighted by Gasteiger charge is -2.54. The van der Waals surface area contributed by atoms with Crippen LogP contribution >= 0.6 is 0 Å². The van der Waals surface area contributed by atoms with Gasteiger partial charge in [-0.2, -0.15) is 0 Å². The van der Waals surface area contributed by atoms with Crippen LogP contribution in [0.2, 0.25) is 0 Å². The summed E-state index contributed by atoms with van der Waals surface area (Å²) in [6.45, 7) is 12.4. The van der Waals surface area contributed by atoms with E-state index >= 15 is 0 Å². The second-order valence-electron chi connectivity index (χ2n) is 13.4. The van der Waals surface area contributed by atoms with Crippen molar-refractivity contribution in [1.82, 2.24) is 4.98 Å². The lowest BCUT2D eigenvalue weighted by atomic mass is 9.50. The van der Waals surface area contributed by atoms with E-state index in [9.17, 15) is 4.79 Å². The van der Waals surface area contributed by atoms with Gasteiger partial charge in [0.05, 0.1) is 0 Å². The quantitative estimate of drug-likeness (QED) is 0.370. The highest BCUT2D eigenvalue weighted by Crippen LogP contribution is 2.64. The maximum absolute atomic E-state index is 13.2. The van der Waals surface area contributed by atoms with E-state index in [0.29, 0.717) is 22.5 Å². The Morgan fingerprint density at radius 2 is 1.80 bits per heavy atom. The van der Waals surface area contributed by atoms with Crippen molar-refractivity contribution < 1.29 is 4.79 Å². The molecule has 0 unspecified atom stereocenters. The minimum absolute atomic E-state index is 0.188. The summed E-state index contributed by atoms with van der Waals surface area (Å²) in [5.74, 6) is 3.65. The summed E-state index contributed by atoms with van der Waals surface area (Å²) >= 11 is 0. The summed E-state index contributed by atoms with van der Waals surface area (Å²) in [5.41, 5.74) is 6.82. The van der Waals surface area contributed by atoms with Crippen molar-refractivity contribution in [3.05, 3.63) is 52.9 Å². The van der Waals surface area contributed by atoms with Crippen molar-refractivity contribution in [2.24, 2.45) is 40.4 Å². The lowest BCUT2D eigenvalue weighted by molar-refractivity contribution is 0.0622. The van der Waals surface area contributed by atoms with Gasteiger partial charge < -0.3 is 0 Å². The summed E-state index contributed by atoms with van der Waals surface area (Å²) in [4.78, 5) is 17.3. The molecule has 1 aromatic heterocycles. The van der Waals surface area contributed by atoms with Crippen LogP contribution in [-0.2, 0) is 0 Å². The van der Waals surface area contributed by atoms with Crippen LogP contribution in [0.5, 0.6) is 0 Å². The Labute approximate surface area is 214 Å². The first-order valence-electron chi connectivity index (χ1n) is 14.6. The molecule has 4 aliphatic carbocycles. The summed E-state index contributed by atoms with van der Waals surface area (Å²) in [5, 5.41) is 0. The highest BCUT2D eigenvalue weighted by Gasteiger charge is 2.53. The normalized spacial score (nSPS) is 35.3. The van der Waals surface area contributed by atoms with Gasteiger partial charge in [-0.05, 0) is 109 Å². The number of rotatable bonds is 7. The molecule has 1 heterocycles. The van der Waals surface area contributed by atoms with Crippen molar-refractivity contribution in [3.63, 3.8) is 0 Å². The minimum Gasteiger partial charge on any atom is -0.294 e. The first-order valence-corrected chi connectivity index (χ1v) is 14.6. The number of pyridine rings is 1. The fourth-order valence-corrected chi connectivity index (χ4v) is 8.79. The Morgan fingerprint density at radius 3 is 2.54 bits per heavy atom. The maximum atomic E-state index is 13.2. The second-order valence-corrected chi connectivity index (χ2v) is 13.4. The largest absolute Gasteiger partial charge is 0.294 e. The molecule has 190 valence electrons. The third kappa shape index (κ3) is 4.38. The number of carbonyl (C=O) groups is 1. The Balaban J connectivity index is 1.32. The van der Waals surface area contributed by atoms with Crippen LogP contribution in [-0.4, -0.2) is 10.8 Å². The van der Waals surface area contributed by atoms with Crippen molar-refractivity contribution in [2.75, 3.05) is 0 Å². The van der Waals surface area contributed by atoms with E-state index < -0.39 is 0 Å². The summed E-state index contributed by atoms with van der Waals surface area (Å²) in [6.07, 6.45) is 20.0. The summed E-state index contributed by atoms with van der Waals surface area (Å²) in [6, 6.07) is 3.79. The van der Waals surface area contributed by atoms with Gasteiger partial charge in [-0.25, -0.2) is 0 Å². The Bertz CT molecular complexity index is 1000. The smallest absolute Gasteiger partial charge is 0.166 e. The zero-order valence-corrected chi connectivity index (χ0v) is 22.9. The van der Waals surface area contributed by atoms with Crippen LogP contribution < -0.4 is 0 Å². The minimum atomic E-state index is 0.188. The molecule has 0 N–H and O–H groups in total. The van der Waals surface area contributed by atoms with Gasteiger partial charge in [0.25, 0.3) is 0 Å². The van der Waals surface area contributed by atoms with Gasteiger partial charge in [-0.1, -0.05) is 65.5 Å². The molecule has 0 saturated heterocycles. The highest BCUT2D eigenvalue weighted by atomic mass is 16.1. The molecule has 1 fully saturated rings. The Morgan fingerprint density at radius 1 is 1.03 bits per heavy atom. The van der Waals surface area contributed by atoms with E-state index in [1.54, 1.807) is 29.1 Å². The zero-order chi connectivity index (χ0) is 24.8.